The Kier molecular flexibility index (Phi) is 6.83. The van der Waals surface area contributed by atoms with E-state index >= 15 is 0 Å². The van der Waals surface area contributed by atoms with Crippen LogP contribution in [0.15, 0.2) is 63.9 Å². The Morgan fingerprint density at radius 2 is 2.03 bits per heavy atom. The second-order valence-electron chi connectivity index (χ2n) is 7.00. The molecule has 2 aromatic heterocycles. The SMILES string of the molecule is COc1ccccc1Cn1c(SCC(=O)Nc2c(C)cccc2Cl)nc2ccsc2c1=O. The van der Waals surface area contributed by atoms with Crippen LogP contribution in [-0.2, 0) is 11.3 Å². The first-order chi connectivity index (χ1) is 15.5. The highest BCUT2D eigenvalue weighted by Crippen LogP contribution is 2.27. The van der Waals surface area contributed by atoms with Gasteiger partial charge in [0, 0.05) is 5.56 Å². The molecule has 0 unspecified atom stereocenters. The molecule has 4 aromatic rings. The van der Waals surface area contributed by atoms with Gasteiger partial charge in [0.15, 0.2) is 5.16 Å². The monoisotopic (exact) mass is 485 g/mol. The highest BCUT2D eigenvalue weighted by molar-refractivity contribution is 7.99. The fourth-order valence-corrected chi connectivity index (χ4v) is 5.12. The van der Waals surface area contributed by atoms with Crippen molar-refractivity contribution < 1.29 is 9.53 Å². The summed E-state index contributed by atoms with van der Waals surface area (Å²) in [7, 11) is 1.60. The summed E-state index contributed by atoms with van der Waals surface area (Å²) in [5.74, 6) is 0.543. The van der Waals surface area contributed by atoms with Crippen LogP contribution >= 0.6 is 34.7 Å². The number of thioether (sulfide) groups is 1. The van der Waals surface area contributed by atoms with Crippen molar-refractivity contribution in [3.8, 4) is 5.75 Å². The first-order valence-electron chi connectivity index (χ1n) is 9.75. The standard InChI is InChI=1S/C23H20ClN3O3S2/c1-14-6-5-8-16(24)20(14)26-19(28)13-32-23-25-17-10-11-31-21(17)22(29)27(23)12-15-7-3-4-9-18(15)30-2/h3-11H,12-13H2,1-2H3,(H,26,28). The Morgan fingerprint density at radius 3 is 2.81 bits per heavy atom. The summed E-state index contributed by atoms with van der Waals surface area (Å²) in [6.07, 6.45) is 0. The third-order valence-electron chi connectivity index (χ3n) is 4.87. The van der Waals surface area contributed by atoms with Crippen LogP contribution in [0.1, 0.15) is 11.1 Å². The van der Waals surface area contributed by atoms with Crippen LogP contribution < -0.4 is 15.6 Å². The average molecular weight is 486 g/mol. The van der Waals surface area contributed by atoms with Gasteiger partial charge in [-0.15, -0.1) is 11.3 Å². The molecule has 0 fully saturated rings. The number of hydrogen-bond donors (Lipinski definition) is 1. The van der Waals surface area contributed by atoms with Gasteiger partial charge in [-0.1, -0.05) is 53.7 Å². The summed E-state index contributed by atoms with van der Waals surface area (Å²) >= 11 is 8.79. The van der Waals surface area contributed by atoms with E-state index in [-0.39, 0.29) is 23.8 Å². The number of aromatic nitrogens is 2. The van der Waals surface area contributed by atoms with E-state index in [0.717, 1.165) is 11.1 Å². The number of para-hydroxylation sites is 2. The minimum absolute atomic E-state index is 0.0820. The first kappa shape index (κ1) is 22.4. The van der Waals surface area contributed by atoms with Gasteiger partial charge in [0.05, 0.1) is 35.6 Å². The maximum atomic E-state index is 13.2. The smallest absolute Gasteiger partial charge is 0.272 e. The summed E-state index contributed by atoms with van der Waals surface area (Å²) in [6, 6.07) is 14.8. The zero-order valence-electron chi connectivity index (χ0n) is 17.4. The number of nitrogens with zero attached hydrogens (tertiary/aromatic N) is 2. The Labute approximate surface area is 198 Å². The molecule has 164 valence electrons. The summed E-state index contributed by atoms with van der Waals surface area (Å²) in [5, 5.41) is 5.65. The van der Waals surface area contributed by atoms with Crippen LogP contribution in [0.4, 0.5) is 5.69 Å². The van der Waals surface area contributed by atoms with Gasteiger partial charge in [0.2, 0.25) is 5.91 Å². The highest BCUT2D eigenvalue weighted by atomic mass is 35.5. The number of halogens is 1. The maximum absolute atomic E-state index is 13.2. The molecule has 1 amide bonds. The van der Waals surface area contributed by atoms with Crippen molar-refractivity contribution in [1.29, 1.82) is 0 Å². The largest absolute Gasteiger partial charge is 0.496 e. The van der Waals surface area contributed by atoms with Crippen molar-refractivity contribution >= 4 is 56.5 Å². The van der Waals surface area contributed by atoms with Crippen molar-refractivity contribution in [1.82, 2.24) is 9.55 Å². The van der Waals surface area contributed by atoms with E-state index in [9.17, 15) is 9.59 Å². The van der Waals surface area contributed by atoms with Crippen molar-refractivity contribution in [2.75, 3.05) is 18.2 Å². The summed E-state index contributed by atoms with van der Waals surface area (Å²) < 4.78 is 7.62. The lowest BCUT2D eigenvalue weighted by Crippen LogP contribution is -2.24. The second kappa shape index (κ2) is 9.77. The second-order valence-corrected chi connectivity index (χ2v) is 9.27. The van der Waals surface area contributed by atoms with Gasteiger partial charge in [0.25, 0.3) is 5.56 Å². The predicted molar refractivity (Wildman–Crippen MR) is 132 cm³/mol. The van der Waals surface area contributed by atoms with Crippen LogP contribution in [0.25, 0.3) is 10.2 Å². The normalized spacial score (nSPS) is 11.0. The van der Waals surface area contributed by atoms with E-state index in [1.807, 2.05) is 54.8 Å². The van der Waals surface area contributed by atoms with E-state index in [1.165, 1.54) is 23.1 Å². The number of aryl methyl sites for hydroxylation is 1. The molecular formula is C23H20ClN3O3S2. The molecule has 6 nitrogen and oxygen atoms in total. The number of amides is 1. The molecule has 2 heterocycles. The van der Waals surface area contributed by atoms with Crippen molar-refractivity contribution in [2.24, 2.45) is 0 Å². The lowest BCUT2D eigenvalue weighted by Gasteiger charge is -2.14. The van der Waals surface area contributed by atoms with Crippen molar-refractivity contribution in [3.63, 3.8) is 0 Å². The molecule has 1 N–H and O–H groups in total. The number of benzene rings is 2. The van der Waals surface area contributed by atoms with Crippen LogP contribution in [0.5, 0.6) is 5.75 Å². The topological polar surface area (TPSA) is 73.2 Å². The minimum Gasteiger partial charge on any atom is -0.496 e. The quantitative estimate of drug-likeness (QED) is 0.287. The number of hydrogen-bond acceptors (Lipinski definition) is 6. The minimum atomic E-state index is -0.227. The molecule has 32 heavy (non-hydrogen) atoms. The molecule has 0 radical (unpaired) electrons. The number of anilines is 1. The van der Waals surface area contributed by atoms with Crippen molar-refractivity contribution in [2.45, 2.75) is 18.6 Å². The third kappa shape index (κ3) is 4.67. The molecule has 0 spiro atoms. The Balaban J connectivity index is 1.62. The van der Waals surface area contributed by atoms with Gasteiger partial charge in [-0.3, -0.25) is 14.2 Å². The van der Waals surface area contributed by atoms with Gasteiger partial charge >= 0.3 is 0 Å². The number of rotatable bonds is 7. The molecule has 4 rings (SSSR count). The average Bonchev–Trinajstić information content (AvgIpc) is 3.26. The zero-order valence-corrected chi connectivity index (χ0v) is 19.8. The number of ether oxygens (including phenoxy) is 1. The van der Waals surface area contributed by atoms with Crippen molar-refractivity contribution in [3.05, 3.63) is 80.4 Å². The molecule has 0 aliphatic heterocycles. The van der Waals surface area contributed by atoms with Crippen LogP contribution in [-0.4, -0.2) is 28.3 Å². The zero-order chi connectivity index (χ0) is 22.7. The number of carbonyl (C=O) groups is 1. The van der Waals surface area contributed by atoms with Crippen LogP contribution in [0.3, 0.4) is 0 Å². The van der Waals surface area contributed by atoms with E-state index in [1.54, 1.807) is 17.7 Å². The van der Waals surface area contributed by atoms with Crippen LogP contribution in [0.2, 0.25) is 5.02 Å². The number of thiophene rings is 1. The molecule has 9 heteroatoms. The molecule has 0 saturated heterocycles. The fourth-order valence-electron chi connectivity index (χ4n) is 3.27. The first-order valence-corrected chi connectivity index (χ1v) is 12.0. The van der Waals surface area contributed by atoms with Gasteiger partial charge in [0.1, 0.15) is 10.4 Å². The lowest BCUT2D eigenvalue weighted by atomic mass is 10.2. The predicted octanol–water partition coefficient (Wildman–Crippen LogP) is 5.21. The highest BCUT2D eigenvalue weighted by Gasteiger charge is 2.17. The number of nitrogens with one attached hydrogen (secondary N) is 1. The van der Waals surface area contributed by atoms with Gasteiger partial charge in [-0.2, -0.15) is 0 Å². The number of carbonyl (C=O) groups excluding carboxylic acids is 1. The molecule has 0 aliphatic carbocycles. The fraction of sp³-hybridized carbons (Fsp3) is 0.174. The van der Waals surface area contributed by atoms with E-state index in [0.29, 0.717) is 31.8 Å². The molecule has 0 saturated carbocycles. The van der Waals surface area contributed by atoms with E-state index in [2.05, 4.69) is 10.3 Å². The molecule has 0 bridgehead atoms. The molecular weight excluding hydrogens is 466 g/mol. The molecule has 0 atom stereocenters. The number of fused-ring (bicyclic) bond motifs is 1. The maximum Gasteiger partial charge on any atom is 0.272 e. The Morgan fingerprint density at radius 1 is 1.22 bits per heavy atom. The Bertz CT molecular complexity index is 1330. The van der Waals surface area contributed by atoms with E-state index < -0.39 is 0 Å². The van der Waals surface area contributed by atoms with Gasteiger partial charge in [-0.25, -0.2) is 4.98 Å². The molecule has 0 aliphatic rings. The van der Waals surface area contributed by atoms with E-state index in [4.69, 9.17) is 16.3 Å². The third-order valence-corrected chi connectivity index (χ3v) is 7.05. The van der Waals surface area contributed by atoms with Crippen LogP contribution in [0, 0.1) is 6.92 Å². The molecule has 2 aromatic carbocycles. The van der Waals surface area contributed by atoms with Gasteiger partial charge < -0.3 is 10.1 Å². The summed E-state index contributed by atoms with van der Waals surface area (Å²) in [4.78, 5) is 30.5. The Hall–Kier alpha value is -2.81. The summed E-state index contributed by atoms with van der Waals surface area (Å²) in [6.45, 7) is 2.17. The number of methoxy groups -OCH3 is 1. The van der Waals surface area contributed by atoms with Gasteiger partial charge in [-0.05, 0) is 36.1 Å². The lowest BCUT2D eigenvalue weighted by molar-refractivity contribution is -0.113. The summed E-state index contributed by atoms with van der Waals surface area (Å²) in [5.41, 5.74) is 2.81.